The third-order valence-corrected chi connectivity index (χ3v) is 3.59. The fourth-order valence-corrected chi connectivity index (χ4v) is 2.26. The van der Waals surface area contributed by atoms with E-state index in [1.165, 1.54) is 0 Å². The van der Waals surface area contributed by atoms with Gasteiger partial charge < -0.3 is 19.9 Å². The van der Waals surface area contributed by atoms with Crippen LogP contribution < -0.4 is 14.8 Å². The molecule has 1 heterocycles. The minimum Gasteiger partial charge on any atom is -0.486 e. The van der Waals surface area contributed by atoms with Gasteiger partial charge in [-0.3, -0.25) is 4.79 Å². The minimum absolute atomic E-state index is 0.00935. The number of carboxylic acids is 1. The molecule has 2 rings (SSSR count). The molecule has 0 saturated carbocycles. The first-order chi connectivity index (χ1) is 10.8. The van der Waals surface area contributed by atoms with E-state index in [0.717, 1.165) is 0 Å². The van der Waals surface area contributed by atoms with Crippen molar-refractivity contribution in [2.45, 2.75) is 39.7 Å². The number of aliphatic carboxylic acids is 1. The van der Waals surface area contributed by atoms with Gasteiger partial charge in [0.2, 0.25) is 0 Å². The zero-order valence-corrected chi connectivity index (χ0v) is 13.7. The first-order valence-corrected chi connectivity index (χ1v) is 7.69. The monoisotopic (exact) mass is 321 g/mol. The van der Waals surface area contributed by atoms with E-state index in [1.54, 1.807) is 18.2 Å². The van der Waals surface area contributed by atoms with Crippen LogP contribution in [0.25, 0.3) is 0 Å². The van der Waals surface area contributed by atoms with Crippen LogP contribution in [0.4, 0.5) is 0 Å². The maximum absolute atomic E-state index is 12.3. The molecule has 1 unspecified atom stereocenters. The molecule has 0 radical (unpaired) electrons. The van der Waals surface area contributed by atoms with Crippen molar-refractivity contribution in [1.29, 1.82) is 0 Å². The van der Waals surface area contributed by atoms with Crippen molar-refractivity contribution >= 4 is 11.9 Å². The van der Waals surface area contributed by atoms with E-state index in [4.69, 9.17) is 9.47 Å². The van der Waals surface area contributed by atoms with Crippen LogP contribution in [0.3, 0.4) is 0 Å². The highest BCUT2D eigenvalue weighted by atomic mass is 16.6. The zero-order chi connectivity index (χ0) is 17.0. The quantitative estimate of drug-likeness (QED) is 0.870. The molecular weight excluding hydrogens is 298 g/mol. The molecule has 0 aliphatic carbocycles. The number of benzene rings is 1. The molecular formula is C17H23NO5. The largest absolute Gasteiger partial charge is 0.486 e. The number of carboxylic acid groups (broad SMARTS) is 1. The van der Waals surface area contributed by atoms with Gasteiger partial charge in [-0.15, -0.1) is 0 Å². The lowest BCUT2D eigenvalue weighted by molar-refractivity contribution is -0.139. The van der Waals surface area contributed by atoms with Gasteiger partial charge in [0.1, 0.15) is 19.3 Å². The molecule has 23 heavy (non-hydrogen) atoms. The van der Waals surface area contributed by atoms with Crippen LogP contribution in [0.2, 0.25) is 0 Å². The molecule has 126 valence electrons. The van der Waals surface area contributed by atoms with Crippen molar-refractivity contribution < 1.29 is 24.2 Å². The van der Waals surface area contributed by atoms with Gasteiger partial charge in [-0.2, -0.15) is 0 Å². The summed E-state index contributed by atoms with van der Waals surface area (Å²) in [5, 5.41) is 11.9. The number of fused-ring (bicyclic) bond motifs is 1. The number of hydrogen-bond acceptors (Lipinski definition) is 4. The van der Waals surface area contributed by atoms with Gasteiger partial charge in [0, 0.05) is 5.56 Å². The lowest BCUT2D eigenvalue weighted by Gasteiger charge is -2.22. The minimum atomic E-state index is -1.03. The highest BCUT2D eigenvalue weighted by Gasteiger charge is 2.24. The van der Waals surface area contributed by atoms with Crippen LogP contribution in [-0.4, -0.2) is 36.2 Å². The predicted molar refractivity (Wildman–Crippen MR) is 85.0 cm³/mol. The van der Waals surface area contributed by atoms with E-state index < -0.39 is 17.9 Å². The van der Waals surface area contributed by atoms with Crippen molar-refractivity contribution in [2.24, 2.45) is 5.41 Å². The zero-order valence-electron chi connectivity index (χ0n) is 13.7. The van der Waals surface area contributed by atoms with Crippen molar-refractivity contribution in [3.8, 4) is 11.5 Å². The van der Waals surface area contributed by atoms with Crippen LogP contribution in [0, 0.1) is 5.41 Å². The molecule has 6 heteroatoms. The summed E-state index contributed by atoms with van der Waals surface area (Å²) in [6.07, 6.45) is 1.08. The molecule has 0 aromatic heterocycles. The van der Waals surface area contributed by atoms with Gasteiger partial charge in [-0.05, 0) is 36.5 Å². The molecule has 1 atom stereocenters. The van der Waals surface area contributed by atoms with Crippen molar-refractivity contribution in [2.75, 3.05) is 13.2 Å². The Morgan fingerprint density at radius 1 is 1.22 bits per heavy atom. The number of ether oxygens (including phenoxy) is 2. The molecule has 0 saturated heterocycles. The van der Waals surface area contributed by atoms with Gasteiger partial charge >= 0.3 is 5.97 Å². The second-order valence-electron chi connectivity index (χ2n) is 6.82. The predicted octanol–water partition coefficient (Wildman–Crippen LogP) is 2.47. The Kier molecular flexibility index (Phi) is 5.13. The summed E-state index contributed by atoms with van der Waals surface area (Å²) in [5.41, 5.74) is 0.367. The lowest BCUT2D eigenvalue weighted by Crippen LogP contribution is -2.41. The highest BCUT2D eigenvalue weighted by molar-refractivity contribution is 5.97. The van der Waals surface area contributed by atoms with Gasteiger partial charge in [0.25, 0.3) is 5.91 Å². The summed E-state index contributed by atoms with van der Waals surface area (Å²) in [6, 6.07) is 3.93. The summed E-state index contributed by atoms with van der Waals surface area (Å²) >= 11 is 0. The van der Waals surface area contributed by atoms with Crippen LogP contribution >= 0.6 is 0 Å². The number of amides is 1. The number of carbonyl (C=O) groups is 2. The van der Waals surface area contributed by atoms with E-state index in [0.29, 0.717) is 43.1 Å². The maximum Gasteiger partial charge on any atom is 0.326 e. The third-order valence-electron chi connectivity index (χ3n) is 3.59. The Bertz CT molecular complexity index is 591. The summed E-state index contributed by atoms with van der Waals surface area (Å²) in [7, 11) is 0. The first-order valence-electron chi connectivity index (χ1n) is 7.69. The van der Waals surface area contributed by atoms with Crippen LogP contribution in [0.1, 0.15) is 44.0 Å². The first kappa shape index (κ1) is 17.1. The summed E-state index contributed by atoms with van der Waals surface area (Å²) in [5.74, 6) is -0.357. The normalized spacial score (nSPS) is 14.9. The Morgan fingerprint density at radius 2 is 1.87 bits per heavy atom. The van der Waals surface area contributed by atoms with Gasteiger partial charge in [-0.25, -0.2) is 4.79 Å². The smallest absolute Gasteiger partial charge is 0.326 e. The topological polar surface area (TPSA) is 84.9 Å². The molecule has 0 bridgehead atoms. The van der Waals surface area contributed by atoms with Crippen molar-refractivity contribution in [1.82, 2.24) is 5.32 Å². The lowest BCUT2D eigenvalue weighted by atomic mass is 9.88. The molecule has 1 aromatic carbocycles. The van der Waals surface area contributed by atoms with Crippen molar-refractivity contribution in [3.05, 3.63) is 23.8 Å². The summed E-state index contributed by atoms with van der Waals surface area (Å²) in [4.78, 5) is 23.7. The molecule has 2 N–H and O–H groups in total. The molecule has 1 aliphatic heterocycles. The summed E-state index contributed by atoms with van der Waals surface area (Å²) in [6.45, 7) is 7.02. The third kappa shape index (κ3) is 4.87. The second-order valence-corrected chi connectivity index (χ2v) is 6.82. The van der Waals surface area contributed by atoms with E-state index in [1.807, 2.05) is 20.8 Å². The summed E-state index contributed by atoms with van der Waals surface area (Å²) < 4.78 is 10.8. The van der Waals surface area contributed by atoms with Crippen molar-refractivity contribution in [3.63, 3.8) is 0 Å². The molecule has 1 aromatic rings. The number of nitrogens with one attached hydrogen (secondary N) is 1. The molecule has 1 amide bonds. The van der Waals surface area contributed by atoms with Gasteiger partial charge in [-0.1, -0.05) is 20.8 Å². The van der Waals surface area contributed by atoms with E-state index in [9.17, 15) is 14.7 Å². The Hall–Kier alpha value is -2.24. The second kappa shape index (κ2) is 6.89. The Balaban J connectivity index is 2.05. The number of hydrogen-bond donors (Lipinski definition) is 2. The molecule has 6 nitrogen and oxygen atoms in total. The number of carbonyl (C=O) groups excluding carboxylic acids is 1. The van der Waals surface area contributed by atoms with E-state index in [-0.39, 0.29) is 5.41 Å². The average Bonchev–Trinajstić information content (AvgIpc) is 2.49. The maximum atomic E-state index is 12.3. The fraction of sp³-hybridized carbons (Fsp3) is 0.529. The van der Waals surface area contributed by atoms with E-state index >= 15 is 0 Å². The SMILES string of the molecule is CC(C)(C)CCC(NC(=O)c1ccc2c(c1)OCCO2)C(=O)O. The van der Waals surface area contributed by atoms with E-state index in [2.05, 4.69) is 5.32 Å². The van der Waals surface area contributed by atoms with Gasteiger partial charge in [0.15, 0.2) is 11.5 Å². The van der Waals surface area contributed by atoms with Crippen LogP contribution in [0.5, 0.6) is 11.5 Å². The van der Waals surface area contributed by atoms with Crippen LogP contribution in [0.15, 0.2) is 18.2 Å². The van der Waals surface area contributed by atoms with Crippen LogP contribution in [-0.2, 0) is 4.79 Å². The standard InChI is InChI=1S/C17H23NO5/c1-17(2,3)7-6-12(16(20)21)18-15(19)11-4-5-13-14(10-11)23-9-8-22-13/h4-5,10,12H,6-9H2,1-3H3,(H,18,19)(H,20,21). The van der Waals surface area contributed by atoms with Gasteiger partial charge in [0.05, 0.1) is 0 Å². The molecule has 0 fully saturated rings. The Morgan fingerprint density at radius 3 is 2.48 bits per heavy atom. The highest BCUT2D eigenvalue weighted by Crippen LogP contribution is 2.30. The number of rotatable bonds is 5. The average molecular weight is 321 g/mol. The fourth-order valence-electron chi connectivity index (χ4n) is 2.26. The molecule has 0 spiro atoms. The Labute approximate surface area is 135 Å². The molecule has 1 aliphatic rings.